The van der Waals surface area contributed by atoms with Crippen LogP contribution in [0.15, 0.2) is 64.3 Å². The maximum atomic E-state index is 12.1. The molecule has 4 rings (SSSR count). The minimum atomic E-state index is -0.108. The van der Waals surface area contributed by atoms with Gasteiger partial charge >= 0.3 is 0 Å². The van der Waals surface area contributed by atoms with E-state index in [2.05, 4.69) is 15.3 Å². The number of anilines is 1. The monoisotopic (exact) mass is 374 g/mol. The third-order valence-electron chi connectivity index (χ3n) is 4.01. The third kappa shape index (κ3) is 3.91. The van der Waals surface area contributed by atoms with Crippen LogP contribution in [0.3, 0.4) is 0 Å². The van der Waals surface area contributed by atoms with Gasteiger partial charge in [0.1, 0.15) is 6.26 Å². The highest BCUT2D eigenvalue weighted by Gasteiger charge is 2.18. The van der Waals surface area contributed by atoms with Gasteiger partial charge in [0.05, 0.1) is 34.3 Å². The molecule has 132 valence electrons. The van der Waals surface area contributed by atoms with Crippen molar-refractivity contribution in [1.29, 1.82) is 5.26 Å². The summed E-state index contributed by atoms with van der Waals surface area (Å²) >= 11 is 1.43. The van der Waals surface area contributed by atoms with Crippen molar-refractivity contribution in [3.8, 4) is 17.5 Å². The fourth-order valence-corrected chi connectivity index (χ4v) is 3.52. The summed E-state index contributed by atoms with van der Waals surface area (Å²) < 4.78 is 5.33. The second-order valence-corrected chi connectivity index (χ2v) is 6.94. The number of nitriles is 1. The number of fused-ring (bicyclic) bond motifs is 1. The van der Waals surface area contributed by atoms with E-state index in [1.54, 1.807) is 36.7 Å². The van der Waals surface area contributed by atoms with Gasteiger partial charge in [-0.1, -0.05) is 0 Å². The highest BCUT2D eigenvalue weighted by atomic mass is 32.2. The van der Waals surface area contributed by atoms with Crippen LogP contribution in [-0.2, 0) is 11.2 Å². The third-order valence-corrected chi connectivity index (χ3v) is 4.99. The number of amides is 1. The minimum Gasteiger partial charge on any atom is -0.445 e. The molecule has 0 saturated heterocycles. The second-order valence-electron chi connectivity index (χ2n) is 5.89. The number of nitrogens with one attached hydrogen (secondary N) is 1. The number of nitrogens with zero attached hydrogens (tertiary/aromatic N) is 3. The first-order valence-electron chi connectivity index (χ1n) is 8.24. The van der Waals surface area contributed by atoms with Gasteiger partial charge in [0.15, 0.2) is 0 Å². The van der Waals surface area contributed by atoms with Crippen molar-refractivity contribution in [2.24, 2.45) is 4.99 Å². The van der Waals surface area contributed by atoms with Crippen LogP contribution in [0.4, 0.5) is 11.4 Å². The summed E-state index contributed by atoms with van der Waals surface area (Å²) in [5, 5.41) is 12.5. The highest BCUT2D eigenvalue weighted by Crippen LogP contribution is 2.33. The number of aliphatic imine (C=N–C) groups is 1. The number of thioether (sulfide) groups is 1. The van der Waals surface area contributed by atoms with Gasteiger partial charge in [0.2, 0.25) is 11.8 Å². The molecule has 0 atom stereocenters. The molecule has 0 spiro atoms. The SMILES string of the molecule is N#Cc1ccc(NC(=O)CSC2=Nc3ccc(-c4ncco4)cc3C2)cc1. The molecular weight excluding hydrogens is 360 g/mol. The predicted octanol–water partition coefficient (Wildman–Crippen LogP) is 4.17. The maximum Gasteiger partial charge on any atom is 0.234 e. The Bertz CT molecular complexity index is 1050. The van der Waals surface area contributed by atoms with E-state index >= 15 is 0 Å². The molecule has 1 aliphatic rings. The summed E-state index contributed by atoms with van der Waals surface area (Å²) in [4.78, 5) is 20.9. The molecule has 2 heterocycles. The number of oxazole rings is 1. The molecule has 7 heteroatoms. The number of rotatable bonds is 4. The zero-order valence-corrected chi connectivity index (χ0v) is 15.0. The van der Waals surface area contributed by atoms with Gasteiger partial charge in [-0.3, -0.25) is 4.79 Å². The van der Waals surface area contributed by atoms with Crippen molar-refractivity contribution in [3.05, 3.63) is 66.1 Å². The Morgan fingerprint density at radius 1 is 1.26 bits per heavy atom. The molecule has 0 radical (unpaired) electrons. The molecule has 0 bridgehead atoms. The molecule has 1 N–H and O–H groups in total. The molecule has 6 nitrogen and oxygen atoms in total. The van der Waals surface area contributed by atoms with Crippen LogP contribution in [0.1, 0.15) is 11.1 Å². The lowest BCUT2D eigenvalue weighted by molar-refractivity contribution is -0.113. The molecule has 3 aromatic rings. The van der Waals surface area contributed by atoms with Gasteiger partial charge < -0.3 is 9.73 Å². The fraction of sp³-hybridized carbons (Fsp3) is 0.100. The predicted molar refractivity (Wildman–Crippen MR) is 105 cm³/mol. The van der Waals surface area contributed by atoms with Gasteiger partial charge in [-0.2, -0.15) is 5.26 Å². The number of hydrogen-bond acceptors (Lipinski definition) is 6. The molecule has 0 aliphatic carbocycles. The normalized spacial score (nSPS) is 12.2. The van der Waals surface area contributed by atoms with Gasteiger partial charge in [0, 0.05) is 17.7 Å². The van der Waals surface area contributed by atoms with Crippen molar-refractivity contribution < 1.29 is 9.21 Å². The van der Waals surface area contributed by atoms with Crippen LogP contribution < -0.4 is 5.32 Å². The van der Waals surface area contributed by atoms with Crippen molar-refractivity contribution in [1.82, 2.24) is 4.98 Å². The molecule has 0 saturated carbocycles. The summed E-state index contributed by atoms with van der Waals surface area (Å²) in [6.45, 7) is 0. The molecule has 27 heavy (non-hydrogen) atoms. The summed E-state index contributed by atoms with van der Waals surface area (Å²) in [6, 6.07) is 14.7. The van der Waals surface area contributed by atoms with Gasteiger partial charge in [-0.25, -0.2) is 9.98 Å². The van der Waals surface area contributed by atoms with Crippen molar-refractivity contribution >= 4 is 34.1 Å². The van der Waals surface area contributed by atoms with Crippen LogP contribution >= 0.6 is 11.8 Å². The number of benzene rings is 2. The highest BCUT2D eigenvalue weighted by molar-refractivity contribution is 8.14. The summed E-state index contributed by atoms with van der Waals surface area (Å²) in [6.07, 6.45) is 3.86. The fourth-order valence-electron chi connectivity index (χ4n) is 2.73. The Balaban J connectivity index is 1.33. The lowest BCUT2D eigenvalue weighted by Crippen LogP contribution is -2.15. The maximum absolute atomic E-state index is 12.1. The van der Waals surface area contributed by atoms with Crippen molar-refractivity contribution in [2.75, 3.05) is 11.1 Å². The van der Waals surface area contributed by atoms with Gasteiger partial charge in [-0.15, -0.1) is 11.8 Å². The quantitative estimate of drug-likeness (QED) is 0.740. The van der Waals surface area contributed by atoms with E-state index in [0.29, 0.717) is 23.6 Å². The molecule has 0 fully saturated rings. The largest absolute Gasteiger partial charge is 0.445 e. The first-order chi connectivity index (χ1) is 13.2. The van der Waals surface area contributed by atoms with E-state index < -0.39 is 0 Å². The van der Waals surface area contributed by atoms with Crippen LogP contribution in [0.25, 0.3) is 11.5 Å². The smallest absolute Gasteiger partial charge is 0.234 e. The summed E-state index contributed by atoms with van der Waals surface area (Å²) in [5.41, 5.74) is 4.16. The zero-order valence-electron chi connectivity index (χ0n) is 14.2. The molecule has 1 aromatic heterocycles. The summed E-state index contributed by atoms with van der Waals surface area (Å²) in [5.74, 6) is 0.754. The summed E-state index contributed by atoms with van der Waals surface area (Å²) in [7, 11) is 0. The second kappa shape index (κ2) is 7.48. The van der Waals surface area contributed by atoms with Crippen molar-refractivity contribution in [3.63, 3.8) is 0 Å². The number of carbonyl (C=O) groups is 1. The number of aromatic nitrogens is 1. The van der Waals surface area contributed by atoms with E-state index in [4.69, 9.17) is 9.68 Å². The minimum absolute atomic E-state index is 0.108. The van der Waals surface area contributed by atoms with Crippen molar-refractivity contribution in [2.45, 2.75) is 6.42 Å². The Kier molecular flexibility index (Phi) is 4.73. The Morgan fingerprint density at radius 2 is 2.11 bits per heavy atom. The van der Waals surface area contributed by atoms with E-state index in [9.17, 15) is 4.79 Å². The number of carbonyl (C=O) groups excluding carboxylic acids is 1. The van der Waals surface area contributed by atoms with E-state index in [-0.39, 0.29) is 11.7 Å². The van der Waals surface area contributed by atoms with E-state index in [1.165, 1.54) is 11.8 Å². The molecular formula is C20H14N4O2S. The van der Waals surface area contributed by atoms with Crippen LogP contribution in [0.5, 0.6) is 0 Å². The zero-order chi connectivity index (χ0) is 18.6. The topological polar surface area (TPSA) is 91.3 Å². The molecule has 1 aliphatic heterocycles. The Hall–Kier alpha value is -3.37. The standard InChI is InChI=1S/C20H14N4O2S/c21-11-13-1-4-16(5-2-13)23-18(25)12-27-19-10-15-9-14(3-6-17(15)24-19)20-22-7-8-26-20/h1-9H,10,12H2,(H,23,25). The number of hydrogen-bond donors (Lipinski definition) is 1. The molecule has 1 amide bonds. The lowest BCUT2D eigenvalue weighted by atomic mass is 10.1. The van der Waals surface area contributed by atoms with Gasteiger partial charge in [0.25, 0.3) is 0 Å². The Morgan fingerprint density at radius 3 is 2.85 bits per heavy atom. The molecule has 0 unspecified atom stereocenters. The van der Waals surface area contributed by atoms with Crippen LogP contribution in [0.2, 0.25) is 0 Å². The lowest BCUT2D eigenvalue weighted by Gasteiger charge is -2.05. The van der Waals surface area contributed by atoms with Crippen LogP contribution in [-0.4, -0.2) is 21.7 Å². The van der Waals surface area contributed by atoms with E-state index in [1.807, 2.05) is 24.3 Å². The Labute approximate surface area is 160 Å². The first-order valence-corrected chi connectivity index (χ1v) is 9.23. The average Bonchev–Trinajstić information content (AvgIpc) is 3.36. The van der Waals surface area contributed by atoms with E-state index in [0.717, 1.165) is 21.9 Å². The molecule has 2 aromatic carbocycles. The first kappa shape index (κ1) is 17.1. The average molecular weight is 374 g/mol. The van der Waals surface area contributed by atoms with Gasteiger partial charge in [-0.05, 0) is 48.0 Å². The van der Waals surface area contributed by atoms with Crippen LogP contribution in [0, 0.1) is 11.3 Å².